The molecule has 0 unspecified atom stereocenters. The first-order valence-corrected chi connectivity index (χ1v) is 10.1. The Balaban J connectivity index is 1.37. The van der Waals surface area contributed by atoms with Crippen LogP contribution in [0.4, 0.5) is 0 Å². The molecule has 0 aliphatic carbocycles. The van der Waals surface area contributed by atoms with Gasteiger partial charge in [-0.2, -0.15) is 0 Å². The molecule has 1 amide bonds. The van der Waals surface area contributed by atoms with E-state index in [0.717, 1.165) is 36.4 Å². The lowest BCUT2D eigenvalue weighted by molar-refractivity contribution is 0.0941. The zero-order valence-corrected chi connectivity index (χ0v) is 16.6. The number of piperidine rings is 1. The summed E-state index contributed by atoms with van der Waals surface area (Å²) in [7, 11) is 0. The molecule has 1 aromatic carbocycles. The average molecular weight is 391 g/mol. The van der Waals surface area contributed by atoms with Gasteiger partial charge >= 0.3 is 0 Å². The minimum absolute atomic E-state index is 0.185. The third-order valence-electron chi connectivity index (χ3n) is 5.03. The van der Waals surface area contributed by atoms with E-state index < -0.39 is 0 Å². The third kappa shape index (κ3) is 5.06. The maximum Gasteiger partial charge on any atom is 0.270 e. The molecule has 0 atom stereocenters. The largest absolute Gasteiger partial charge is 0.457 e. The van der Waals surface area contributed by atoms with E-state index in [1.807, 2.05) is 25.1 Å². The monoisotopic (exact) mass is 391 g/mol. The molecule has 150 valence electrons. The van der Waals surface area contributed by atoms with Crippen molar-refractivity contribution in [1.29, 1.82) is 0 Å². The molecule has 7 heteroatoms. The fourth-order valence-corrected chi connectivity index (χ4v) is 3.50. The predicted octanol–water partition coefficient (Wildman–Crippen LogP) is 3.34. The zero-order valence-electron chi connectivity index (χ0n) is 16.6. The standard InChI is InChI=1S/C22H25N5O2/c1-16-25-15-17-13-18(5-6-20(17)26-16)29-19-7-8-23-21(14-19)22(28)24-9-12-27-10-3-2-4-11-27/h5-8,13-15H,2-4,9-12H2,1H3,(H,24,28). The van der Waals surface area contributed by atoms with Crippen LogP contribution in [0, 0.1) is 6.92 Å². The van der Waals surface area contributed by atoms with E-state index in [4.69, 9.17) is 4.74 Å². The van der Waals surface area contributed by atoms with Crippen molar-refractivity contribution in [2.75, 3.05) is 26.2 Å². The van der Waals surface area contributed by atoms with Crippen LogP contribution in [0.1, 0.15) is 35.6 Å². The molecule has 1 saturated heterocycles. The molecule has 3 aromatic rings. The molecule has 29 heavy (non-hydrogen) atoms. The molecule has 0 radical (unpaired) electrons. The molecule has 1 aliphatic rings. The summed E-state index contributed by atoms with van der Waals surface area (Å²) in [5.74, 6) is 1.77. The van der Waals surface area contributed by atoms with E-state index in [1.54, 1.807) is 24.5 Å². The second kappa shape index (κ2) is 8.96. The second-order valence-corrected chi connectivity index (χ2v) is 7.27. The molecule has 0 bridgehead atoms. The highest BCUT2D eigenvalue weighted by Gasteiger charge is 2.12. The number of nitrogens with one attached hydrogen (secondary N) is 1. The highest BCUT2D eigenvalue weighted by Crippen LogP contribution is 2.25. The number of carbonyl (C=O) groups is 1. The molecule has 2 aromatic heterocycles. The summed E-state index contributed by atoms with van der Waals surface area (Å²) in [6, 6.07) is 9.03. The fourth-order valence-electron chi connectivity index (χ4n) is 3.50. The Bertz CT molecular complexity index is 1000. The summed E-state index contributed by atoms with van der Waals surface area (Å²) in [4.78, 5) is 27.6. The van der Waals surface area contributed by atoms with Crippen molar-refractivity contribution >= 4 is 16.8 Å². The van der Waals surface area contributed by atoms with E-state index in [0.29, 0.717) is 23.7 Å². The molecule has 0 saturated carbocycles. The molecular weight excluding hydrogens is 366 g/mol. The quantitative estimate of drug-likeness (QED) is 0.694. The SMILES string of the molecule is Cc1ncc2cc(Oc3ccnc(C(=O)NCCN4CCCCC4)c3)ccc2n1. The van der Waals surface area contributed by atoms with Gasteiger partial charge in [-0.15, -0.1) is 0 Å². The van der Waals surface area contributed by atoms with Crippen LogP contribution in [0.25, 0.3) is 10.9 Å². The molecule has 0 spiro atoms. The van der Waals surface area contributed by atoms with Crippen molar-refractivity contribution in [2.24, 2.45) is 0 Å². The first kappa shape index (κ1) is 19.3. The van der Waals surface area contributed by atoms with E-state index >= 15 is 0 Å². The Labute approximate surface area is 170 Å². The number of amides is 1. The summed E-state index contributed by atoms with van der Waals surface area (Å²) in [6.07, 6.45) is 7.16. The van der Waals surface area contributed by atoms with Gasteiger partial charge in [-0.05, 0) is 57.1 Å². The first-order valence-electron chi connectivity index (χ1n) is 10.1. The minimum atomic E-state index is -0.185. The number of hydrogen-bond donors (Lipinski definition) is 1. The molecular formula is C22H25N5O2. The van der Waals surface area contributed by atoms with Crippen LogP contribution in [-0.4, -0.2) is 51.9 Å². The van der Waals surface area contributed by atoms with E-state index in [9.17, 15) is 4.79 Å². The Hall–Kier alpha value is -3.06. The number of ether oxygens (including phenoxy) is 1. The highest BCUT2D eigenvalue weighted by molar-refractivity contribution is 5.92. The summed E-state index contributed by atoms with van der Waals surface area (Å²) < 4.78 is 5.92. The Kier molecular flexibility index (Phi) is 5.95. The number of fused-ring (bicyclic) bond motifs is 1. The van der Waals surface area contributed by atoms with E-state index in [-0.39, 0.29) is 5.91 Å². The minimum Gasteiger partial charge on any atom is -0.457 e. The number of rotatable bonds is 6. The Morgan fingerprint density at radius 2 is 1.93 bits per heavy atom. The van der Waals surface area contributed by atoms with Crippen molar-refractivity contribution in [3.05, 3.63) is 54.2 Å². The number of aryl methyl sites for hydroxylation is 1. The molecule has 1 fully saturated rings. The maximum absolute atomic E-state index is 12.4. The molecule has 3 heterocycles. The zero-order chi connectivity index (χ0) is 20.1. The number of likely N-dealkylation sites (tertiary alicyclic amines) is 1. The fraction of sp³-hybridized carbons (Fsp3) is 0.364. The van der Waals surface area contributed by atoms with Gasteiger partial charge in [0.25, 0.3) is 5.91 Å². The number of pyridine rings is 1. The Morgan fingerprint density at radius 1 is 1.10 bits per heavy atom. The van der Waals surface area contributed by atoms with Crippen molar-refractivity contribution in [2.45, 2.75) is 26.2 Å². The van der Waals surface area contributed by atoms with Gasteiger partial charge in [-0.25, -0.2) is 9.97 Å². The lowest BCUT2D eigenvalue weighted by atomic mass is 10.1. The van der Waals surface area contributed by atoms with Crippen molar-refractivity contribution < 1.29 is 9.53 Å². The third-order valence-corrected chi connectivity index (χ3v) is 5.03. The maximum atomic E-state index is 12.4. The highest BCUT2D eigenvalue weighted by atomic mass is 16.5. The molecule has 1 N–H and O–H groups in total. The van der Waals surface area contributed by atoms with Gasteiger partial charge in [0, 0.05) is 36.9 Å². The van der Waals surface area contributed by atoms with Gasteiger partial charge in [0.2, 0.25) is 0 Å². The topological polar surface area (TPSA) is 80.2 Å². The number of nitrogens with zero attached hydrogens (tertiary/aromatic N) is 4. The van der Waals surface area contributed by atoms with Crippen molar-refractivity contribution in [3.8, 4) is 11.5 Å². The first-order chi connectivity index (χ1) is 14.2. The van der Waals surface area contributed by atoms with Gasteiger partial charge in [0.05, 0.1) is 5.52 Å². The smallest absolute Gasteiger partial charge is 0.270 e. The van der Waals surface area contributed by atoms with E-state index in [1.165, 1.54) is 19.3 Å². The lowest BCUT2D eigenvalue weighted by Gasteiger charge is -2.26. The van der Waals surface area contributed by atoms with Crippen molar-refractivity contribution in [1.82, 2.24) is 25.2 Å². The summed E-state index contributed by atoms with van der Waals surface area (Å²) in [5.41, 5.74) is 1.22. The van der Waals surface area contributed by atoms with Crippen LogP contribution >= 0.6 is 0 Å². The predicted molar refractivity (Wildman–Crippen MR) is 111 cm³/mol. The number of hydrogen-bond acceptors (Lipinski definition) is 6. The van der Waals surface area contributed by atoms with Gasteiger partial charge in [0.15, 0.2) is 0 Å². The number of benzene rings is 1. The van der Waals surface area contributed by atoms with Crippen LogP contribution in [0.3, 0.4) is 0 Å². The van der Waals surface area contributed by atoms with Gasteiger partial charge in [0.1, 0.15) is 23.0 Å². The van der Waals surface area contributed by atoms with Crippen LogP contribution in [0.5, 0.6) is 11.5 Å². The number of carbonyl (C=O) groups excluding carboxylic acids is 1. The van der Waals surface area contributed by atoms with E-state index in [2.05, 4.69) is 25.2 Å². The van der Waals surface area contributed by atoms with Crippen LogP contribution < -0.4 is 10.1 Å². The molecule has 4 rings (SSSR count). The summed E-state index contributed by atoms with van der Waals surface area (Å²) >= 11 is 0. The molecule has 1 aliphatic heterocycles. The molecule has 7 nitrogen and oxygen atoms in total. The summed E-state index contributed by atoms with van der Waals surface area (Å²) in [5, 5.41) is 3.85. The summed E-state index contributed by atoms with van der Waals surface area (Å²) in [6.45, 7) is 5.60. The average Bonchev–Trinajstić information content (AvgIpc) is 2.75. The van der Waals surface area contributed by atoms with Gasteiger partial charge in [-0.3, -0.25) is 9.78 Å². The van der Waals surface area contributed by atoms with Crippen LogP contribution in [0.2, 0.25) is 0 Å². The van der Waals surface area contributed by atoms with Gasteiger partial charge < -0.3 is 15.0 Å². The van der Waals surface area contributed by atoms with Crippen LogP contribution in [-0.2, 0) is 0 Å². The number of aromatic nitrogens is 3. The Morgan fingerprint density at radius 3 is 2.79 bits per heavy atom. The normalized spacial score (nSPS) is 14.7. The lowest BCUT2D eigenvalue weighted by Crippen LogP contribution is -2.37. The van der Waals surface area contributed by atoms with Gasteiger partial charge in [-0.1, -0.05) is 6.42 Å². The van der Waals surface area contributed by atoms with Crippen LogP contribution in [0.15, 0.2) is 42.7 Å². The second-order valence-electron chi connectivity index (χ2n) is 7.27. The van der Waals surface area contributed by atoms with Crippen molar-refractivity contribution in [3.63, 3.8) is 0 Å².